The number of anilines is 1. The Balaban J connectivity index is 2.75. The molecule has 0 radical (unpaired) electrons. The van der Waals surface area contributed by atoms with Crippen molar-refractivity contribution in [3.8, 4) is 6.07 Å². The molecule has 1 aromatic rings. The third kappa shape index (κ3) is 1.62. The van der Waals surface area contributed by atoms with Gasteiger partial charge in [0.2, 0.25) is 0 Å². The first kappa shape index (κ1) is 12.3. The standard InChI is InChI=1S/C12H14F2N2S/c1-3-11(2)4-5-12(13,14)9-8(11)7(6-15)10(16)17-9/h3-5,16H2,1-2H3. The van der Waals surface area contributed by atoms with Crippen molar-refractivity contribution in [3.63, 3.8) is 0 Å². The molecule has 17 heavy (non-hydrogen) atoms. The third-order valence-corrected chi connectivity index (χ3v) is 4.89. The van der Waals surface area contributed by atoms with Crippen molar-refractivity contribution in [1.29, 1.82) is 5.26 Å². The van der Waals surface area contributed by atoms with Gasteiger partial charge in [-0.3, -0.25) is 0 Å². The molecule has 2 nitrogen and oxygen atoms in total. The Morgan fingerprint density at radius 1 is 1.47 bits per heavy atom. The highest BCUT2D eigenvalue weighted by atomic mass is 32.1. The first-order chi connectivity index (χ1) is 7.85. The summed E-state index contributed by atoms with van der Waals surface area (Å²) in [5.41, 5.74) is 6.09. The second-order valence-electron chi connectivity index (χ2n) is 4.78. The van der Waals surface area contributed by atoms with Crippen LogP contribution in [0, 0.1) is 11.3 Å². The minimum absolute atomic E-state index is 0.00199. The van der Waals surface area contributed by atoms with Gasteiger partial charge in [0, 0.05) is 6.42 Å². The van der Waals surface area contributed by atoms with E-state index in [0.717, 1.165) is 17.8 Å². The Labute approximate surface area is 103 Å². The van der Waals surface area contributed by atoms with Crippen molar-refractivity contribution in [3.05, 3.63) is 16.0 Å². The van der Waals surface area contributed by atoms with Crippen LogP contribution in [0.15, 0.2) is 0 Å². The summed E-state index contributed by atoms with van der Waals surface area (Å²) in [6.45, 7) is 3.90. The van der Waals surface area contributed by atoms with Crippen molar-refractivity contribution in [2.45, 2.75) is 44.4 Å². The van der Waals surface area contributed by atoms with Crippen LogP contribution in [0.5, 0.6) is 0 Å². The Kier molecular flexibility index (Phi) is 2.66. The number of halogens is 2. The zero-order valence-corrected chi connectivity index (χ0v) is 10.6. The van der Waals surface area contributed by atoms with Crippen molar-refractivity contribution >= 4 is 16.3 Å². The zero-order chi connectivity index (χ0) is 12.8. The maximum absolute atomic E-state index is 13.9. The van der Waals surface area contributed by atoms with Gasteiger partial charge in [-0.2, -0.15) is 5.26 Å². The van der Waals surface area contributed by atoms with E-state index in [2.05, 4.69) is 0 Å². The molecule has 1 aliphatic rings. The predicted molar refractivity (Wildman–Crippen MR) is 64.2 cm³/mol. The molecule has 1 aliphatic carbocycles. The van der Waals surface area contributed by atoms with E-state index in [1.165, 1.54) is 0 Å². The number of alkyl halides is 2. The third-order valence-electron chi connectivity index (χ3n) is 3.75. The van der Waals surface area contributed by atoms with Crippen LogP contribution in [-0.2, 0) is 11.3 Å². The van der Waals surface area contributed by atoms with Crippen LogP contribution in [0.4, 0.5) is 13.8 Å². The summed E-state index contributed by atoms with van der Waals surface area (Å²) in [5.74, 6) is -2.84. The molecule has 0 fully saturated rings. The summed E-state index contributed by atoms with van der Waals surface area (Å²) in [7, 11) is 0. The fourth-order valence-electron chi connectivity index (χ4n) is 2.42. The van der Waals surface area contributed by atoms with E-state index in [9.17, 15) is 8.78 Å². The molecule has 0 bridgehead atoms. The van der Waals surface area contributed by atoms with Gasteiger partial charge in [0.1, 0.15) is 11.1 Å². The summed E-state index contributed by atoms with van der Waals surface area (Å²) in [4.78, 5) is 0.00199. The van der Waals surface area contributed by atoms with Crippen LogP contribution in [0.1, 0.15) is 49.1 Å². The monoisotopic (exact) mass is 256 g/mol. The highest BCUT2D eigenvalue weighted by molar-refractivity contribution is 7.16. The highest BCUT2D eigenvalue weighted by Crippen LogP contribution is 2.54. The minimum atomic E-state index is -2.84. The van der Waals surface area contributed by atoms with Crippen molar-refractivity contribution in [1.82, 2.24) is 0 Å². The summed E-state index contributed by atoms with van der Waals surface area (Å²) in [5, 5.41) is 9.31. The Morgan fingerprint density at radius 2 is 2.12 bits per heavy atom. The van der Waals surface area contributed by atoms with E-state index in [0.29, 0.717) is 12.0 Å². The molecular weight excluding hydrogens is 242 g/mol. The number of hydrogen-bond acceptors (Lipinski definition) is 3. The first-order valence-corrected chi connectivity index (χ1v) is 6.38. The van der Waals surface area contributed by atoms with Gasteiger partial charge in [0.15, 0.2) is 0 Å². The molecule has 2 rings (SSSR count). The van der Waals surface area contributed by atoms with Gasteiger partial charge in [-0.15, -0.1) is 11.3 Å². The van der Waals surface area contributed by atoms with Crippen LogP contribution in [-0.4, -0.2) is 0 Å². The van der Waals surface area contributed by atoms with Gasteiger partial charge in [0.05, 0.1) is 10.4 Å². The number of thiophene rings is 1. The highest BCUT2D eigenvalue weighted by Gasteiger charge is 2.48. The summed E-state index contributed by atoms with van der Waals surface area (Å²) in [6, 6.07) is 1.98. The van der Waals surface area contributed by atoms with E-state index in [4.69, 9.17) is 11.0 Å². The number of nitriles is 1. The van der Waals surface area contributed by atoms with Crippen molar-refractivity contribution in [2.75, 3.05) is 5.73 Å². The smallest absolute Gasteiger partial charge is 0.282 e. The molecule has 1 heterocycles. The number of nitrogens with zero attached hydrogens (tertiary/aromatic N) is 1. The number of fused-ring (bicyclic) bond motifs is 1. The second-order valence-corrected chi connectivity index (χ2v) is 5.83. The lowest BCUT2D eigenvalue weighted by Gasteiger charge is -2.36. The Bertz CT molecular complexity index is 501. The molecule has 1 atom stereocenters. The van der Waals surface area contributed by atoms with Gasteiger partial charge in [-0.1, -0.05) is 13.8 Å². The number of nitrogens with two attached hydrogens (primary N) is 1. The van der Waals surface area contributed by atoms with E-state index < -0.39 is 5.92 Å². The fourth-order valence-corrected chi connectivity index (χ4v) is 3.59. The van der Waals surface area contributed by atoms with Crippen molar-refractivity contribution in [2.24, 2.45) is 0 Å². The first-order valence-electron chi connectivity index (χ1n) is 5.57. The predicted octanol–water partition coefficient (Wildman–Crippen LogP) is 3.76. The maximum Gasteiger partial charge on any atom is 0.282 e. The molecule has 5 heteroatoms. The maximum atomic E-state index is 13.9. The average Bonchev–Trinajstić information content (AvgIpc) is 2.63. The molecule has 2 N–H and O–H groups in total. The average molecular weight is 256 g/mol. The van der Waals surface area contributed by atoms with E-state index in [-0.39, 0.29) is 27.3 Å². The summed E-state index contributed by atoms with van der Waals surface area (Å²) >= 11 is 0.871. The van der Waals surface area contributed by atoms with Crippen LogP contribution >= 0.6 is 11.3 Å². The number of hydrogen-bond donors (Lipinski definition) is 1. The molecule has 92 valence electrons. The van der Waals surface area contributed by atoms with Crippen molar-refractivity contribution < 1.29 is 8.78 Å². The lowest BCUT2D eigenvalue weighted by molar-refractivity contribution is -0.0281. The molecule has 0 saturated heterocycles. The normalized spacial score (nSPS) is 26.3. The minimum Gasteiger partial charge on any atom is -0.389 e. The topological polar surface area (TPSA) is 49.8 Å². The molecule has 0 aromatic carbocycles. The number of rotatable bonds is 1. The molecule has 0 saturated carbocycles. The van der Waals surface area contributed by atoms with Crippen LogP contribution in [0.2, 0.25) is 0 Å². The molecule has 0 spiro atoms. The fraction of sp³-hybridized carbons (Fsp3) is 0.583. The second kappa shape index (κ2) is 3.67. The largest absolute Gasteiger partial charge is 0.389 e. The summed E-state index contributed by atoms with van der Waals surface area (Å²) in [6.07, 6.45) is 0.977. The van der Waals surface area contributed by atoms with Gasteiger partial charge < -0.3 is 5.73 Å². The van der Waals surface area contributed by atoms with Gasteiger partial charge in [-0.25, -0.2) is 8.78 Å². The van der Waals surface area contributed by atoms with Crippen LogP contribution < -0.4 is 5.73 Å². The molecular formula is C12H14F2N2S. The molecule has 1 aromatic heterocycles. The lowest BCUT2D eigenvalue weighted by atomic mass is 9.70. The molecule has 1 unspecified atom stereocenters. The Hall–Kier alpha value is -1.15. The molecule has 0 amide bonds. The lowest BCUT2D eigenvalue weighted by Crippen LogP contribution is -2.33. The quantitative estimate of drug-likeness (QED) is 0.831. The van der Waals surface area contributed by atoms with Gasteiger partial charge >= 0.3 is 0 Å². The number of nitrogen functional groups attached to an aromatic ring is 1. The SMILES string of the molecule is CCC1(C)CCC(F)(F)c2sc(N)c(C#N)c21. The van der Waals surface area contributed by atoms with Gasteiger partial charge in [-0.05, 0) is 23.8 Å². The van der Waals surface area contributed by atoms with Crippen LogP contribution in [0.3, 0.4) is 0 Å². The molecule has 0 aliphatic heterocycles. The van der Waals surface area contributed by atoms with E-state index in [1.807, 2.05) is 19.9 Å². The van der Waals surface area contributed by atoms with Gasteiger partial charge in [0.25, 0.3) is 5.92 Å². The zero-order valence-electron chi connectivity index (χ0n) is 9.81. The van der Waals surface area contributed by atoms with Crippen LogP contribution in [0.25, 0.3) is 0 Å². The summed E-state index contributed by atoms with van der Waals surface area (Å²) < 4.78 is 27.7. The Morgan fingerprint density at radius 3 is 2.65 bits per heavy atom. The van der Waals surface area contributed by atoms with E-state index in [1.54, 1.807) is 0 Å². The van der Waals surface area contributed by atoms with E-state index >= 15 is 0 Å².